The molecular formula is C20H21FN2O5. The SMILES string of the molecule is CCCCCC1(O)OC(=C=O)C(C(=O)NOC)=C1c1cc2c(F)cccc2[nH]1. The minimum Gasteiger partial charge on any atom is -0.446 e. The second-order valence-electron chi connectivity index (χ2n) is 6.54. The Morgan fingerprint density at radius 2 is 2.21 bits per heavy atom. The van der Waals surface area contributed by atoms with E-state index in [2.05, 4.69) is 15.3 Å². The maximum Gasteiger partial charge on any atom is 0.280 e. The van der Waals surface area contributed by atoms with Gasteiger partial charge in [-0.05, 0) is 24.6 Å². The summed E-state index contributed by atoms with van der Waals surface area (Å²) in [5.74, 6) is -2.02. The van der Waals surface area contributed by atoms with Gasteiger partial charge >= 0.3 is 0 Å². The van der Waals surface area contributed by atoms with Gasteiger partial charge in [0, 0.05) is 17.3 Å². The number of aromatic amines is 1. The van der Waals surface area contributed by atoms with Gasteiger partial charge in [0.25, 0.3) is 5.91 Å². The molecule has 2 aromatic rings. The van der Waals surface area contributed by atoms with Gasteiger partial charge in [-0.2, -0.15) is 0 Å². The molecule has 0 aliphatic carbocycles. The number of amides is 1. The van der Waals surface area contributed by atoms with E-state index in [4.69, 9.17) is 4.74 Å². The summed E-state index contributed by atoms with van der Waals surface area (Å²) >= 11 is 0. The van der Waals surface area contributed by atoms with Gasteiger partial charge in [-0.3, -0.25) is 9.63 Å². The van der Waals surface area contributed by atoms with Crippen LogP contribution in [-0.4, -0.2) is 34.8 Å². The number of fused-ring (bicyclic) bond motifs is 1. The first-order chi connectivity index (χ1) is 13.4. The first-order valence-corrected chi connectivity index (χ1v) is 8.97. The van der Waals surface area contributed by atoms with Gasteiger partial charge in [-0.15, -0.1) is 0 Å². The van der Waals surface area contributed by atoms with Crippen molar-refractivity contribution in [3.8, 4) is 0 Å². The average Bonchev–Trinajstić information content (AvgIpc) is 3.21. The number of hydrogen-bond donors (Lipinski definition) is 3. The molecule has 2 heterocycles. The first-order valence-electron chi connectivity index (χ1n) is 8.97. The van der Waals surface area contributed by atoms with Crippen molar-refractivity contribution in [2.75, 3.05) is 7.11 Å². The van der Waals surface area contributed by atoms with E-state index in [9.17, 15) is 19.1 Å². The Morgan fingerprint density at radius 3 is 2.86 bits per heavy atom. The third-order valence-electron chi connectivity index (χ3n) is 4.65. The molecule has 8 heteroatoms. The van der Waals surface area contributed by atoms with Crippen molar-refractivity contribution in [2.45, 2.75) is 38.4 Å². The molecule has 1 unspecified atom stereocenters. The van der Waals surface area contributed by atoms with Crippen LogP contribution in [0.4, 0.5) is 4.39 Å². The van der Waals surface area contributed by atoms with E-state index in [0.29, 0.717) is 11.9 Å². The van der Waals surface area contributed by atoms with Crippen LogP contribution in [0.5, 0.6) is 0 Å². The number of aliphatic hydroxyl groups is 1. The van der Waals surface area contributed by atoms with E-state index in [-0.39, 0.29) is 28.6 Å². The molecule has 1 amide bonds. The predicted molar refractivity (Wildman–Crippen MR) is 99.7 cm³/mol. The maximum atomic E-state index is 14.2. The van der Waals surface area contributed by atoms with Crippen LogP contribution in [0.25, 0.3) is 16.5 Å². The van der Waals surface area contributed by atoms with Gasteiger partial charge in [0.05, 0.1) is 18.4 Å². The molecule has 148 valence electrons. The molecular weight excluding hydrogens is 367 g/mol. The van der Waals surface area contributed by atoms with E-state index in [1.807, 2.05) is 6.92 Å². The number of ether oxygens (including phenoxy) is 1. The molecule has 0 fully saturated rings. The number of aromatic nitrogens is 1. The molecule has 0 radical (unpaired) electrons. The lowest BCUT2D eigenvalue weighted by Crippen LogP contribution is -2.30. The molecule has 0 saturated heterocycles. The van der Waals surface area contributed by atoms with Crippen LogP contribution < -0.4 is 5.48 Å². The predicted octanol–water partition coefficient (Wildman–Crippen LogP) is 2.75. The number of hydroxylamine groups is 1. The van der Waals surface area contributed by atoms with Crippen molar-refractivity contribution in [2.24, 2.45) is 0 Å². The van der Waals surface area contributed by atoms with Crippen LogP contribution >= 0.6 is 0 Å². The molecule has 1 aliphatic heterocycles. The number of carbonyl (C=O) groups excluding carboxylic acids is 2. The van der Waals surface area contributed by atoms with Crippen molar-refractivity contribution in [3.63, 3.8) is 0 Å². The van der Waals surface area contributed by atoms with Crippen molar-refractivity contribution in [3.05, 3.63) is 47.1 Å². The molecule has 1 aromatic carbocycles. The molecule has 1 aliphatic rings. The summed E-state index contributed by atoms with van der Waals surface area (Å²) in [5.41, 5.74) is 2.72. The highest BCUT2D eigenvalue weighted by Gasteiger charge is 2.48. The van der Waals surface area contributed by atoms with Crippen molar-refractivity contribution >= 4 is 28.3 Å². The van der Waals surface area contributed by atoms with Crippen molar-refractivity contribution in [1.82, 2.24) is 10.5 Å². The second kappa shape index (κ2) is 7.98. The Balaban J connectivity index is 2.21. The van der Waals surface area contributed by atoms with E-state index >= 15 is 0 Å². The second-order valence-corrected chi connectivity index (χ2v) is 6.54. The summed E-state index contributed by atoms with van der Waals surface area (Å²) in [5, 5.41) is 11.5. The smallest absolute Gasteiger partial charge is 0.280 e. The fourth-order valence-electron chi connectivity index (χ4n) is 3.40. The molecule has 7 nitrogen and oxygen atoms in total. The van der Waals surface area contributed by atoms with Gasteiger partial charge in [-0.1, -0.05) is 25.8 Å². The third kappa shape index (κ3) is 3.45. The highest BCUT2D eigenvalue weighted by atomic mass is 19.1. The zero-order valence-corrected chi connectivity index (χ0v) is 15.6. The molecule has 0 saturated carbocycles. The Hall–Kier alpha value is -2.93. The molecule has 0 spiro atoms. The summed E-state index contributed by atoms with van der Waals surface area (Å²) in [4.78, 5) is 31.6. The van der Waals surface area contributed by atoms with Crippen LogP contribution in [-0.2, 0) is 19.2 Å². The first kappa shape index (κ1) is 19.8. The number of carbonyl (C=O) groups is 1. The lowest BCUT2D eigenvalue weighted by molar-refractivity contribution is -0.128. The Morgan fingerprint density at radius 1 is 1.43 bits per heavy atom. The fourth-order valence-corrected chi connectivity index (χ4v) is 3.40. The zero-order valence-electron chi connectivity index (χ0n) is 15.6. The van der Waals surface area contributed by atoms with Crippen molar-refractivity contribution in [1.29, 1.82) is 0 Å². The minimum absolute atomic E-state index is 0.0482. The number of nitrogens with one attached hydrogen (secondary N) is 2. The lowest BCUT2D eigenvalue weighted by Gasteiger charge is -2.25. The Kier molecular flexibility index (Phi) is 5.65. The normalized spacial score (nSPS) is 19.1. The topological polar surface area (TPSA) is 101 Å². The van der Waals surface area contributed by atoms with E-state index in [0.717, 1.165) is 12.8 Å². The minimum atomic E-state index is -1.93. The largest absolute Gasteiger partial charge is 0.446 e. The summed E-state index contributed by atoms with van der Waals surface area (Å²) in [6, 6.07) is 5.99. The lowest BCUT2D eigenvalue weighted by atomic mass is 9.93. The summed E-state index contributed by atoms with van der Waals surface area (Å²) < 4.78 is 19.6. The van der Waals surface area contributed by atoms with E-state index in [1.54, 1.807) is 18.1 Å². The highest BCUT2D eigenvalue weighted by Crippen LogP contribution is 2.45. The number of hydrogen-bond acceptors (Lipinski definition) is 5. The molecule has 3 rings (SSSR count). The van der Waals surface area contributed by atoms with E-state index < -0.39 is 23.3 Å². The Labute approximate surface area is 160 Å². The molecule has 0 bridgehead atoms. The van der Waals surface area contributed by atoms with E-state index in [1.165, 1.54) is 19.2 Å². The average molecular weight is 388 g/mol. The quantitative estimate of drug-likeness (QED) is 0.385. The summed E-state index contributed by atoms with van der Waals surface area (Å²) in [7, 11) is 1.24. The monoisotopic (exact) mass is 388 g/mol. The van der Waals surface area contributed by atoms with Crippen LogP contribution in [0.3, 0.4) is 0 Å². The molecule has 3 N–H and O–H groups in total. The van der Waals surface area contributed by atoms with Crippen LogP contribution in [0.15, 0.2) is 35.6 Å². The van der Waals surface area contributed by atoms with Gasteiger partial charge < -0.3 is 14.8 Å². The van der Waals surface area contributed by atoms with Crippen molar-refractivity contribution < 1.29 is 28.7 Å². The zero-order chi connectivity index (χ0) is 20.3. The van der Waals surface area contributed by atoms with Gasteiger partial charge in [0.1, 0.15) is 11.4 Å². The number of H-pyrrole nitrogens is 1. The molecule has 28 heavy (non-hydrogen) atoms. The maximum absolute atomic E-state index is 14.2. The number of unbranched alkanes of at least 4 members (excludes halogenated alkanes) is 2. The number of rotatable bonds is 7. The molecule has 1 atom stereocenters. The summed E-state index contributed by atoms with van der Waals surface area (Å²) in [6.45, 7) is 2.00. The number of benzene rings is 1. The van der Waals surface area contributed by atoms with Crippen LogP contribution in [0, 0.1) is 5.82 Å². The third-order valence-corrected chi connectivity index (χ3v) is 4.65. The Bertz CT molecular complexity index is 990. The fraction of sp³-hybridized carbons (Fsp3) is 0.350. The van der Waals surface area contributed by atoms with Gasteiger partial charge in [0.2, 0.25) is 11.5 Å². The van der Waals surface area contributed by atoms with Crippen LogP contribution in [0.2, 0.25) is 0 Å². The highest BCUT2D eigenvalue weighted by molar-refractivity contribution is 6.09. The summed E-state index contributed by atoms with van der Waals surface area (Å²) in [6.07, 6.45) is 2.46. The van der Waals surface area contributed by atoms with Crippen LogP contribution in [0.1, 0.15) is 38.3 Å². The van der Waals surface area contributed by atoms with Gasteiger partial charge in [-0.25, -0.2) is 14.7 Å². The standard InChI is InChI=1S/C20H21FN2O5/c1-3-4-5-9-20(26)18(17(16(11-24)28-20)19(25)23-27-2)15-10-12-13(21)7-6-8-14(12)22-15/h6-8,10,22,26H,3-5,9H2,1-2H3,(H,23,25). The number of halogens is 1. The van der Waals surface area contributed by atoms with Gasteiger partial charge in [0.15, 0.2) is 5.94 Å². The molecule has 1 aromatic heterocycles.